The second-order valence-corrected chi connectivity index (χ2v) is 8.82. The molecule has 8 heteroatoms. The summed E-state index contributed by atoms with van der Waals surface area (Å²) in [5, 5.41) is 10.3. The van der Waals surface area contributed by atoms with E-state index in [2.05, 4.69) is 23.6 Å². The minimum absolute atomic E-state index is 0.0702. The second-order valence-electron chi connectivity index (χ2n) is 7.62. The van der Waals surface area contributed by atoms with E-state index in [0.29, 0.717) is 6.61 Å². The highest BCUT2D eigenvalue weighted by Gasteiger charge is 2.26. The monoisotopic (exact) mass is 406 g/mol. The minimum Gasteiger partial charge on any atom is -0.394 e. The molecular weight excluding hydrogens is 376 g/mol. The van der Waals surface area contributed by atoms with E-state index in [4.69, 9.17) is 24.5 Å². The van der Waals surface area contributed by atoms with Crippen LogP contribution >= 0.6 is 11.3 Å². The Morgan fingerprint density at radius 3 is 2.82 bits per heavy atom. The number of nitrogens with zero attached hydrogens (tertiary/aromatic N) is 4. The van der Waals surface area contributed by atoms with Crippen LogP contribution in [0.4, 0.5) is 5.82 Å². The lowest BCUT2D eigenvalue weighted by Crippen LogP contribution is -2.41. The molecule has 7 nitrogen and oxygen atoms in total. The van der Waals surface area contributed by atoms with Gasteiger partial charge in [-0.1, -0.05) is 0 Å². The number of morpholine rings is 1. The van der Waals surface area contributed by atoms with Gasteiger partial charge in [-0.3, -0.25) is 4.90 Å². The van der Waals surface area contributed by atoms with Crippen molar-refractivity contribution in [2.24, 2.45) is 0 Å². The van der Waals surface area contributed by atoms with Gasteiger partial charge in [0.2, 0.25) is 0 Å². The minimum atomic E-state index is 0.0702. The first-order valence-electron chi connectivity index (χ1n) is 10.2. The second kappa shape index (κ2) is 9.00. The summed E-state index contributed by atoms with van der Waals surface area (Å²) in [4.78, 5) is 17.1. The first-order valence-corrected chi connectivity index (χ1v) is 11.0. The van der Waals surface area contributed by atoms with E-state index in [1.165, 1.54) is 15.8 Å². The summed E-state index contributed by atoms with van der Waals surface area (Å²) in [6, 6.07) is 0. The van der Waals surface area contributed by atoms with Gasteiger partial charge in [0, 0.05) is 31.1 Å². The Bertz CT molecular complexity index is 806. The average Bonchev–Trinajstić information content (AvgIpc) is 3.00. The number of hydrogen-bond acceptors (Lipinski definition) is 8. The van der Waals surface area contributed by atoms with Crippen molar-refractivity contribution in [3.63, 3.8) is 0 Å². The number of ether oxygens (including phenoxy) is 2. The van der Waals surface area contributed by atoms with Crippen LogP contribution < -0.4 is 4.90 Å². The zero-order chi connectivity index (χ0) is 19.5. The Labute approximate surface area is 170 Å². The van der Waals surface area contributed by atoms with Gasteiger partial charge >= 0.3 is 0 Å². The molecule has 154 valence electrons. The summed E-state index contributed by atoms with van der Waals surface area (Å²) < 4.78 is 11.3. The maximum atomic E-state index is 9.08. The standard InChI is InChI=1S/C20H30N4O3S/c1-14-15(2)28-20-18(14)19(24-5-3-4-16(12-24)27-11-8-25)21-17(22-20)13-23-6-9-26-10-7-23/h16,25H,3-13H2,1-2H3. The van der Waals surface area contributed by atoms with Crippen LogP contribution in [0.15, 0.2) is 0 Å². The highest BCUT2D eigenvalue weighted by Crippen LogP contribution is 2.36. The summed E-state index contributed by atoms with van der Waals surface area (Å²) in [6.07, 6.45) is 2.25. The number of anilines is 1. The third-order valence-electron chi connectivity index (χ3n) is 5.65. The lowest BCUT2D eigenvalue weighted by atomic mass is 10.1. The molecule has 0 saturated carbocycles. The molecule has 2 aliphatic rings. The van der Waals surface area contributed by atoms with Crippen LogP contribution in [0.3, 0.4) is 0 Å². The Hall–Kier alpha value is -1.32. The molecule has 0 aromatic carbocycles. The van der Waals surface area contributed by atoms with Crippen LogP contribution in [0, 0.1) is 13.8 Å². The Kier molecular flexibility index (Phi) is 6.42. The molecule has 0 bridgehead atoms. The summed E-state index contributed by atoms with van der Waals surface area (Å²) in [5.74, 6) is 1.94. The molecule has 2 aromatic heterocycles. The molecule has 28 heavy (non-hydrogen) atoms. The van der Waals surface area contributed by atoms with Gasteiger partial charge in [-0.15, -0.1) is 11.3 Å². The van der Waals surface area contributed by atoms with Gasteiger partial charge in [0.05, 0.1) is 44.5 Å². The van der Waals surface area contributed by atoms with Crippen LogP contribution in [0.5, 0.6) is 0 Å². The molecule has 2 aromatic rings. The van der Waals surface area contributed by atoms with Gasteiger partial charge in [-0.25, -0.2) is 9.97 Å². The van der Waals surface area contributed by atoms with E-state index in [9.17, 15) is 0 Å². The van der Waals surface area contributed by atoms with Crippen molar-refractivity contribution >= 4 is 27.4 Å². The number of aryl methyl sites for hydroxylation is 2. The predicted octanol–water partition coefficient (Wildman–Crippen LogP) is 2.12. The van der Waals surface area contributed by atoms with Gasteiger partial charge in [0.25, 0.3) is 0 Å². The quantitative estimate of drug-likeness (QED) is 0.788. The third-order valence-corrected chi connectivity index (χ3v) is 6.75. The first kappa shape index (κ1) is 20.0. The van der Waals surface area contributed by atoms with Crippen LogP contribution in [-0.2, 0) is 16.0 Å². The van der Waals surface area contributed by atoms with Gasteiger partial charge in [0.15, 0.2) is 0 Å². The van der Waals surface area contributed by atoms with Crippen molar-refractivity contribution in [2.75, 3.05) is 57.5 Å². The van der Waals surface area contributed by atoms with E-state index >= 15 is 0 Å². The fourth-order valence-corrected chi connectivity index (χ4v) is 5.06. The van der Waals surface area contributed by atoms with Gasteiger partial charge < -0.3 is 19.5 Å². The topological polar surface area (TPSA) is 71.0 Å². The zero-order valence-electron chi connectivity index (χ0n) is 16.8. The number of fused-ring (bicyclic) bond motifs is 1. The summed E-state index contributed by atoms with van der Waals surface area (Å²) in [5.41, 5.74) is 1.28. The molecule has 1 unspecified atom stereocenters. The Morgan fingerprint density at radius 1 is 1.21 bits per heavy atom. The molecule has 2 aliphatic heterocycles. The predicted molar refractivity (Wildman–Crippen MR) is 111 cm³/mol. The van der Waals surface area contributed by atoms with Crippen LogP contribution in [0.2, 0.25) is 0 Å². The fraction of sp³-hybridized carbons (Fsp3) is 0.700. The summed E-state index contributed by atoms with van der Waals surface area (Å²) in [6.45, 7) is 10.8. The number of aromatic nitrogens is 2. The summed E-state index contributed by atoms with van der Waals surface area (Å²) in [7, 11) is 0. The molecule has 0 radical (unpaired) electrons. The van der Waals surface area contributed by atoms with Crippen LogP contribution in [0.25, 0.3) is 10.2 Å². The number of rotatable bonds is 6. The third kappa shape index (κ3) is 4.31. The first-order chi connectivity index (χ1) is 13.7. The van der Waals surface area contributed by atoms with E-state index in [-0.39, 0.29) is 12.7 Å². The van der Waals surface area contributed by atoms with Gasteiger partial charge in [-0.05, 0) is 32.3 Å². The molecule has 1 N–H and O–H groups in total. The molecule has 1 atom stereocenters. The maximum absolute atomic E-state index is 9.08. The lowest BCUT2D eigenvalue weighted by molar-refractivity contribution is 0.0213. The van der Waals surface area contributed by atoms with Crippen molar-refractivity contribution < 1.29 is 14.6 Å². The van der Waals surface area contributed by atoms with E-state index < -0.39 is 0 Å². The van der Waals surface area contributed by atoms with Crippen molar-refractivity contribution in [2.45, 2.75) is 39.3 Å². The largest absolute Gasteiger partial charge is 0.394 e. The number of piperidine rings is 1. The molecule has 0 aliphatic carbocycles. The molecular formula is C20H30N4O3S. The maximum Gasteiger partial charge on any atom is 0.146 e. The van der Waals surface area contributed by atoms with E-state index in [1.807, 2.05) is 0 Å². The lowest BCUT2D eigenvalue weighted by Gasteiger charge is -2.34. The van der Waals surface area contributed by atoms with E-state index in [0.717, 1.165) is 75.3 Å². The van der Waals surface area contributed by atoms with Crippen LogP contribution in [-0.4, -0.2) is 78.7 Å². The van der Waals surface area contributed by atoms with Crippen molar-refractivity contribution in [1.82, 2.24) is 14.9 Å². The van der Waals surface area contributed by atoms with Gasteiger partial charge in [0.1, 0.15) is 16.5 Å². The molecule has 2 fully saturated rings. The highest BCUT2D eigenvalue weighted by molar-refractivity contribution is 7.18. The van der Waals surface area contributed by atoms with Crippen molar-refractivity contribution in [1.29, 1.82) is 0 Å². The zero-order valence-corrected chi connectivity index (χ0v) is 17.6. The fourth-order valence-electron chi connectivity index (χ4n) is 4.02. The van der Waals surface area contributed by atoms with Crippen molar-refractivity contribution in [3.8, 4) is 0 Å². The Balaban J connectivity index is 1.64. The highest BCUT2D eigenvalue weighted by atomic mass is 32.1. The van der Waals surface area contributed by atoms with Crippen LogP contribution in [0.1, 0.15) is 29.1 Å². The average molecular weight is 407 g/mol. The molecule has 4 heterocycles. The normalized spacial score (nSPS) is 21.5. The number of aliphatic hydroxyl groups excluding tert-OH is 1. The molecule has 2 saturated heterocycles. The number of hydrogen-bond donors (Lipinski definition) is 1. The molecule has 0 amide bonds. The van der Waals surface area contributed by atoms with Crippen molar-refractivity contribution in [3.05, 3.63) is 16.3 Å². The van der Waals surface area contributed by atoms with E-state index in [1.54, 1.807) is 11.3 Å². The number of thiophene rings is 1. The SMILES string of the molecule is Cc1sc2nc(CN3CCOCC3)nc(N3CCCC(OCCO)C3)c2c1C. The summed E-state index contributed by atoms with van der Waals surface area (Å²) >= 11 is 1.76. The number of aliphatic hydroxyl groups is 1. The van der Waals surface area contributed by atoms with Gasteiger partial charge in [-0.2, -0.15) is 0 Å². The molecule has 0 spiro atoms. The molecule has 4 rings (SSSR count). The Morgan fingerprint density at radius 2 is 2.04 bits per heavy atom. The smallest absolute Gasteiger partial charge is 0.146 e.